The van der Waals surface area contributed by atoms with Crippen LogP contribution in [-0.2, 0) is 17.7 Å². The lowest BCUT2D eigenvalue weighted by molar-refractivity contribution is 0.0599. The maximum Gasteiger partial charge on any atom is 0.341 e. The number of carbonyl (C=O) groups is 1. The Labute approximate surface area is 129 Å². The number of rotatable bonds is 6. The Morgan fingerprint density at radius 3 is 2.71 bits per heavy atom. The van der Waals surface area contributed by atoms with Gasteiger partial charge in [0.05, 0.1) is 13.7 Å². The average molecular weight is 308 g/mol. The first kappa shape index (κ1) is 15.6. The molecule has 0 aliphatic carbocycles. The number of hydrogen-bond donors (Lipinski definition) is 1. The molecular weight excluding hydrogens is 290 g/mol. The molecule has 0 aliphatic rings. The van der Waals surface area contributed by atoms with Gasteiger partial charge in [0.1, 0.15) is 17.1 Å². The molecule has 1 aromatic heterocycles. The SMILES string of the molecule is COC(=O)c1cc(CNCCc2ccc(Cl)cc2)oc1C. The van der Waals surface area contributed by atoms with Gasteiger partial charge in [-0.2, -0.15) is 0 Å². The van der Waals surface area contributed by atoms with Crippen molar-refractivity contribution in [3.63, 3.8) is 0 Å². The van der Waals surface area contributed by atoms with E-state index in [2.05, 4.69) is 5.32 Å². The fourth-order valence-corrected chi connectivity index (χ4v) is 2.16. The number of nitrogens with one attached hydrogen (secondary N) is 1. The van der Waals surface area contributed by atoms with Crippen LogP contribution in [0, 0.1) is 6.92 Å². The topological polar surface area (TPSA) is 51.5 Å². The molecule has 0 aliphatic heterocycles. The average Bonchev–Trinajstić information content (AvgIpc) is 2.85. The van der Waals surface area contributed by atoms with E-state index in [1.165, 1.54) is 12.7 Å². The van der Waals surface area contributed by atoms with Gasteiger partial charge in [0.15, 0.2) is 0 Å². The summed E-state index contributed by atoms with van der Waals surface area (Å²) < 4.78 is 10.2. The van der Waals surface area contributed by atoms with E-state index >= 15 is 0 Å². The smallest absolute Gasteiger partial charge is 0.341 e. The van der Waals surface area contributed by atoms with Gasteiger partial charge in [-0.25, -0.2) is 4.79 Å². The minimum atomic E-state index is -0.372. The number of ether oxygens (including phenoxy) is 1. The fraction of sp³-hybridized carbons (Fsp3) is 0.312. The lowest BCUT2D eigenvalue weighted by Crippen LogP contribution is -2.16. The van der Waals surface area contributed by atoms with Crippen LogP contribution in [0.15, 0.2) is 34.7 Å². The molecule has 0 unspecified atom stereocenters. The first-order valence-corrected chi connectivity index (χ1v) is 7.10. The predicted octanol–water partition coefficient (Wildman–Crippen LogP) is 3.36. The summed E-state index contributed by atoms with van der Waals surface area (Å²) in [4.78, 5) is 11.5. The Balaban J connectivity index is 1.81. The van der Waals surface area contributed by atoms with Crippen molar-refractivity contribution in [3.05, 3.63) is 58.0 Å². The standard InChI is InChI=1S/C16H18ClNO3/c1-11-15(16(19)20-2)9-14(21-11)10-18-8-7-12-3-5-13(17)6-4-12/h3-6,9,18H,7-8,10H2,1-2H3. The quantitative estimate of drug-likeness (QED) is 0.657. The van der Waals surface area contributed by atoms with Gasteiger partial charge in [-0.05, 0) is 43.7 Å². The summed E-state index contributed by atoms with van der Waals surface area (Å²) in [7, 11) is 1.36. The maximum atomic E-state index is 11.5. The van der Waals surface area contributed by atoms with Crippen LogP contribution >= 0.6 is 11.6 Å². The monoisotopic (exact) mass is 307 g/mol. The van der Waals surface area contributed by atoms with Crippen LogP contribution in [0.2, 0.25) is 5.02 Å². The molecule has 1 aromatic carbocycles. The Morgan fingerprint density at radius 2 is 2.05 bits per heavy atom. The fourth-order valence-electron chi connectivity index (χ4n) is 2.04. The summed E-state index contributed by atoms with van der Waals surface area (Å²) >= 11 is 5.84. The zero-order valence-electron chi connectivity index (χ0n) is 12.1. The first-order chi connectivity index (χ1) is 10.1. The highest BCUT2D eigenvalue weighted by Gasteiger charge is 2.14. The number of carbonyl (C=O) groups excluding carboxylic acids is 1. The summed E-state index contributed by atoms with van der Waals surface area (Å²) in [5.41, 5.74) is 1.70. The van der Waals surface area contributed by atoms with Crippen LogP contribution < -0.4 is 5.32 Å². The minimum absolute atomic E-state index is 0.372. The molecule has 112 valence electrons. The molecule has 0 radical (unpaired) electrons. The van der Waals surface area contributed by atoms with E-state index in [9.17, 15) is 4.79 Å². The molecule has 0 atom stereocenters. The van der Waals surface area contributed by atoms with Crippen molar-refractivity contribution in [3.8, 4) is 0 Å². The summed E-state index contributed by atoms with van der Waals surface area (Å²) in [6, 6.07) is 9.51. The highest BCUT2D eigenvalue weighted by atomic mass is 35.5. The van der Waals surface area contributed by atoms with Gasteiger partial charge < -0.3 is 14.5 Å². The number of benzene rings is 1. The van der Waals surface area contributed by atoms with Crippen molar-refractivity contribution in [2.24, 2.45) is 0 Å². The van der Waals surface area contributed by atoms with Crippen molar-refractivity contribution < 1.29 is 13.9 Å². The Bertz CT molecular complexity index is 604. The van der Waals surface area contributed by atoms with Crippen LogP contribution in [0.5, 0.6) is 0 Å². The van der Waals surface area contributed by atoms with E-state index in [1.54, 1.807) is 13.0 Å². The third kappa shape index (κ3) is 4.34. The van der Waals surface area contributed by atoms with E-state index in [1.807, 2.05) is 24.3 Å². The number of furan rings is 1. The number of hydrogen-bond acceptors (Lipinski definition) is 4. The van der Waals surface area contributed by atoms with Gasteiger partial charge >= 0.3 is 5.97 Å². The molecule has 2 aromatic rings. The molecule has 1 heterocycles. The second-order valence-corrected chi connectivity index (χ2v) is 5.16. The molecule has 2 rings (SSSR count). The second kappa shape index (κ2) is 7.29. The van der Waals surface area contributed by atoms with Crippen molar-refractivity contribution in [2.75, 3.05) is 13.7 Å². The molecular formula is C16H18ClNO3. The zero-order chi connectivity index (χ0) is 15.2. The number of halogens is 1. The summed E-state index contributed by atoms with van der Waals surface area (Å²) in [6.45, 7) is 3.14. The first-order valence-electron chi connectivity index (χ1n) is 6.73. The van der Waals surface area contributed by atoms with Gasteiger partial charge in [-0.3, -0.25) is 0 Å². The van der Waals surface area contributed by atoms with Crippen molar-refractivity contribution in [1.29, 1.82) is 0 Å². The lowest BCUT2D eigenvalue weighted by Gasteiger charge is -2.03. The predicted molar refractivity (Wildman–Crippen MR) is 81.6 cm³/mol. The van der Waals surface area contributed by atoms with Gasteiger partial charge in [-0.1, -0.05) is 23.7 Å². The summed E-state index contributed by atoms with van der Waals surface area (Å²) in [5.74, 6) is 0.934. The maximum absolute atomic E-state index is 11.5. The molecule has 0 bridgehead atoms. The molecule has 21 heavy (non-hydrogen) atoms. The van der Waals surface area contributed by atoms with Crippen LogP contribution in [0.4, 0.5) is 0 Å². The van der Waals surface area contributed by atoms with E-state index < -0.39 is 0 Å². The molecule has 0 fully saturated rings. The Hall–Kier alpha value is -1.78. The number of aryl methyl sites for hydroxylation is 1. The third-order valence-corrected chi connectivity index (χ3v) is 3.43. The molecule has 5 heteroatoms. The summed E-state index contributed by atoms with van der Waals surface area (Å²) in [5, 5.41) is 4.03. The minimum Gasteiger partial charge on any atom is -0.465 e. The van der Waals surface area contributed by atoms with E-state index in [-0.39, 0.29) is 5.97 Å². The van der Waals surface area contributed by atoms with E-state index in [0.29, 0.717) is 17.9 Å². The van der Waals surface area contributed by atoms with Crippen LogP contribution in [0.1, 0.15) is 27.4 Å². The second-order valence-electron chi connectivity index (χ2n) is 4.73. The van der Waals surface area contributed by atoms with Crippen molar-refractivity contribution in [1.82, 2.24) is 5.32 Å². The number of esters is 1. The molecule has 4 nitrogen and oxygen atoms in total. The lowest BCUT2D eigenvalue weighted by atomic mass is 10.1. The van der Waals surface area contributed by atoms with Gasteiger partial charge in [0.2, 0.25) is 0 Å². The van der Waals surface area contributed by atoms with Crippen LogP contribution in [0.3, 0.4) is 0 Å². The molecule has 1 N–H and O–H groups in total. The molecule has 0 saturated heterocycles. The van der Waals surface area contributed by atoms with Crippen LogP contribution in [-0.4, -0.2) is 19.6 Å². The number of methoxy groups -OCH3 is 1. The Kier molecular flexibility index (Phi) is 5.42. The van der Waals surface area contributed by atoms with Crippen LogP contribution in [0.25, 0.3) is 0 Å². The van der Waals surface area contributed by atoms with Gasteiger partial charge in [0, 0.05) is 5.02 Å². The zero-order valence-corrected chi connectivity index (χ0v) is 12.9. The highest BCUT2D eigenvalue weighted by molar-refractivity contribution is 6.30. The van der Waals surface area contributed by atoms with Gasteiger partial charge in [-0.15, -0.1) is 0 Å². The third-order valence-electron chi connectivity index (χ3n) is 3.18. The normalized spacial score (nSPS) is 10.6. The van der Waals surface area contributed by atoms with E-state index in [0.717, 1.165) is 23.7 Å². The van der Waals surface area contributed by atoms with E-state index in [4.69, 9.17) is 20.8 Å². The highest BCUT2D eigenvalue weighted by Crippen LogP contribution is 2.15. The summed E-state index contributed by atoms with van der Waals surface area (Å²) in [6.07, 6.45) is 0.903. The Morgan fingerprint density at radius 1 is 1.33 bits per heavy atom. The van der Waals surface area contributed by atoms with Crippen molar-refractivity contribution in [2.45, 2.75) is 19.9 Å². The van der Waals surface area contributed by atoms with Crippen molar-refractivity contribution >= 4 is 17.6 Å². The van der Waals surface area contributed by atoms with Gasteiger partial charge in [0.25, 0.3) is 0 Å². The molecule has 0 spiro atoms. The largest absolute Gasteiger partial charge is 0.465 e. The molecule has 0 saturated carbocycles. The molecule has 0 amide bonds.